The largest absolute Gasteiger partial charge is 0.325 e. The summed E-state index contributed by atoms with van der Waals surface area (Å²) < 4.78 is 27.3. The molecule has 1 saturated heterocycles. The quantitative estimate of drug-likeness (QED) is 0.784. The molecule has 2 fully saturated rings. The summed E-state index contributed by atoms with van der Waals surface area (Å²) in [5.41, 5.74) is 0.638. The molecular weight excluding hydrogens is 374 g/mol. The number of carbonyl (C=O) groups excluding carboxylic acids is 1. The molecule has 0 unspecified atom stereocenters. The Kier molecular flexibility index (Phi) is 7.48. The lowest BCUT2D eigenvalue weighted by atomic mass is 9.96. The van der Waals surface area contributed by atoms with Gasteiger partial charge in [0.15, 0.2) is 0 Å². The van der Waals surface area contributed by atoms with E-state index in [1.165, 1.54) is 23.6 Å². The van der Waals surface area contributed by atoms with Crippen LogP contribution in [0.1, 0.15) is 57.8 Å². The lowest BCUT2D eigenvalue weighted by molar-refractivity contribution is -0.117. The van der Waals surface area contributed by atoms with Crippen LogP contribution in [0, 0.1) is 0 Å². The molecule has 0 bridgehead atoms. The number of hydrogen-bond acceptors (Lipinski definition) is 4. The first-order valence-electron chi connectivity index (χ1n) is 10.6. The fraction of sp³-hybridized carbons (Fsp3) is 0.667. The van der Waals surface area contributed by atoms with E-state index in [2.05, 4.69) is 10.2 Å². The molecule has 1 aromatic rings. The fourth-order valence-corrected chi connectivity index (χ4v) is 5.63. The number of hydrogen-bond donors (Lipinski definition) is 1. The predicted molar refractivity (Wildman–Crippen MR) is 112 cm³/mol. The van der Waals surface area contributed by atoms with Crippen LogP contribution >= 0.6 is 0 Å². The Hall–Kier alpha value is -1.44. The molecule has 3 rings (SSSR count). The Morgan fingerprint density at radius 3 is 2.18 bits per heavy atom. The fourth-order valence-electron chi connectivity index (χ4n) is 4.22. The summed E-state index contributed by atoms with van der Waals surface area (Å²) >= 11 is 0. The highest BCUT2D eigenvalue weighted by molar-refractivity contribution is 7.89. The summed E-state index contributed by atoms with van der Waals surface area (Å²) in [5.74, 6) is -0.0446. The molecule has 1 aliphatic carbocycles. The van der Waals surface area contributed by atoms with Crippen molar-refractivity contribution in [1.82, 2.24) is 9.21 Å². The molecule has 1 aliphatic heterocycles. The molecule has 156 valence electrons. The van der Waals surface area contributed by atoms with Crippen LogP contribution in [0.15, 0.2) is 29.2 Å². The molecular formula is C21H33N3O3S. The van der Waals surface area contributed by atoms with Crippen molar-refractivity contribution in [3.63, 3.8) is 0 Å². The normalized spacial score (nSPS) is 20.1. The van der Waals surface area contributed by atoms with E-state index in [0.717, 1.165) is 51.6 Å². The van der Waals surface area contributed by atoms with Crippen molar-refractivity contribution in [3.8, 4) is 0 Å². The van der Waals surface area contributed by atoms with Crippen LogP contribution in [0.25, 0.3) is 0 Å². The number of nitrogens with one attached hydrogen (secondary N) is 1. The number of nitrogens with zero attached hydrogens (tertiary/aromatic N) is 2. The van der Waals surface area contributed by atoms with Crippen molar-refractivity contribution in [3.05, 3.63) is 24.3 Å². The van der Waals surface area contributed by atoms with Gasteiger partial charge < -0.3 is 5.32 Å². The zero-order valence-corrected chi connectivity index (χ0v) is 17.7. The molecule has 0 spiro atoms. The van der Waals surface area contributed by atoms with Gasteiger partial charge in [0.25, 0.3) is 0 Å². The van der Waals surface area contributed by atoms with Gasteiger partial charge in [-0.25, -0.2) is 8.42 Å². The van der Waals surface area contributed by atoms with Crippen LogP contribution in [0.2, 0.25) is 0 Å². The van der Waals surface area contributed by atoms with Gasteiger partial charge in [-0.15, -0.1) is 0 Å². The maximum absolute atomic E-state index is 12.9. The molecule has 2 aliphatic rings. The van der Waals surface area contributed by atoms with Gasteiger partial charge in [0.05, 0.1) is 11.4 Å². The molecule has 0 radical (unpaired) electrons. The van der Waals surface area contributed by atoms with E-state index in [9.17, 15) is 13.2 Å². The molecule has 1 heterocycles. The smallest absolute Gasteiger partial charge is 0.243 e. The first kappa shape index (κ1) is 21.3. The van der Waals surface area contributed by atoms with Gasteiger partial charge in [-0.1, -0.05) is 32.1 Å². The lowest BCUT2D eigenvalue weighted by Crippen LogP contribution is -2.38. The van der Waals surface area contributed by atoms with Crippen LogP contribution in [0.4, 0.5) is 5.69 Å². The third kappa shape index (κ3) is 5.55. The van der Waals surface area contributed by atoms with Crippen LogP contribution < -0.4 is 5.32 Å². The third-order valence-corrected chi connectivity index (χ3v) is 7.89. The summed E-state index contributed by atoms with van der Waals surface area (Å²) in [6, 6.07) is 6.64. The van der Waals surface area contributed by atoms with Gasteiger partial charge in [0, 0.05) is 18.8 Å². The van der Waals surface area contributed by atoms with E-state index in [-0.39, 0.29) is 16.8 Å². The maximum Gasteiger partial charge on any atom is 0.243 e. The standard InChI is InChI=1S/C21H33N3O3S/c1-23(19-9-5-4-6-10-19)28(26,27)20-13-11-18(12-14-20)22-21(25)17-24-15-7-2-3-8-16-24/h11-14,19H,2-10,15-17H2,1H3,(H,22,25). The highest BCUT2D eigenvalue weighted by Gasteiger charge is 2.29. The number of benzene rings is 1. The maximum atomic E-state index is 12.9. The second-order valence-electron chi connectivity index (χ2n) is 8.08. The topological polar surface area (TPSA) is 69.7 Å². The predicted octanol–water partition coefficient (Wildman–Crippen LogP) is 3.45. The van der Waals surface area contributed by atoms with Crippen molar-refractivity contribution >= 4 is 21.6 Å². The Labute approximate surface area is 169 Å². The molecule has 1 amide bonds. The number of anilines is 1. The summed E-state index contributed by atoms with van der Waals surface area (Å²) in [6.07, 6.45) is 10.0. The molecule has 1 aromatic carbocycles. The molecule has 6 nitrogen and oxygen atoms in total. The zero-order chi connectivity index (χ0) is 20.0. The van der Waals surface area contributed by atoms with Crippen molar-refractivity contribution in [1.29, 1.82) is 0 Å². The van der Waals surface area contributed by atoms with Gasteiger partial charge in [0.1, 0.15) is 0 Å². The Balaban J connectivity index is 1.58. The summed E-state index contributed by atoms with van der Waals surface area (Å²) in [4.78, 5) is 14.8. The highest BCUT2D eigenvalue weighted by atomic mass is 32.2. The third-order valence-electron chi connectivity index (χ3n) is 5.97. The van der Waals surface area contributed by atoms with E-state index in [4.69, 9.17) is 0 Å². The summed E-state index contributed by atoms with van der Waals surface area (Å²) in [7, 11) is -1.82. The first-order valence-corrected chi connectivity index (χ1v) is 12.0. The molecule has 1 saturated carbocycles. The minimum Gasteiger partial charge on any atom is -0.325 e. The molecule has 0 aromatic heterocycles. The van der Waals surface area contributed by atoms with E-state index < -0.39 is 10.0 Å². The molecule has 7 heteroatoms. The van der Waals surface area contributed by atoms with Crippen molar-refractivity contribution in [2.24, 2.45) is 0 Å². The van der Waals surface area contributed by atoms with Crippen LogP contribution in [-0.4, -0.2) is 56.3 Å². The Morgan fingerprint density at radius 1 is 1.00 bits per heavy atom. The van der Waals surface area contributed by atoms with Crippen molar-refractivity contribution < 1.29 is 13.2 Å². The number of carbonyl (C=O) groups is 1. The number of sulfonamides is 1. The Morgan fingerprint density at radius 2 is 1.57 bits per heavy atom. The van der Waals surface area contributed by atoms with Crippen LogP contribution in [-0.2, 0) is 14.8 Å². The molecule has 0 atom stereocenters. The highest BCUT2D eigenvalue weighted by Crippen LogP contribution is 2.27. The first-order chi connectivity index (χ1) is 13.5. The van der Waals surface area contributed by atoms with E-state index in [0.29, 0.717) is 12.2 Å². The van der Waals surface area contributed by atoms with Crippen molar-refractivity contribution in [2.45, 2.75) is 68.7 Å². The second-order valence-corrected chi connectivity index (χ2v) is 10.1. The van der Waals surface area contributed by atoms with Crippen LogP contribution in [0.5, 0.6) is 0 Å². The van der Waals surface area contributed by atoms with E-state index in [1.54, 1.807) is 31.3 Å². The molecule has 28 heavy (non-hydrogen) atoms. The minimum absolute atomic E-state index is 0.0446. The van der Waals surface area contributed by atoms with E-state index in [1.807, 2.05) is 0 Å². The van der Waals surface area contributed by atoms with Crippen LogP contribution in [0.3, 0.4) is 0 Å². The number of likely N-dealkylation sites (tertiary alicyclic amines) is 1. The SMILES string of the molecule is CN(C1CCCCC1)S(=O)(=O)c1ccc(NC(=O)CN2CCCCCC2)cc1. The van der Waals surface area contributed by atoms with E-state index >= 15 is 0 Å². The summed E-state index contributed by atoms with van der Waals surface area (Å²) in [6.45, 7) is 2.33. The van der Waals surface area contributed by atoms with Crippen molar-refractivity contribution in [2.75, 3.05) is 32.0 Å². The van der Waals surface area contributed by atoms with Gasteiger partial charge in [-0.3, -0.25) is 9.69 Å². The van der Waals surface area contributed by atoms with Gasteiger partial charge in [-0.05, 0) is 63.0 Å². The monoisotopic (exact) mass is 407 g/mol. The Bertz CT molecular complexity index is 735. The minimum atomic E-state index is -3.50. The second kappa shape index (κ2) is 9.85. The summed E-state index contributed by atoms with van der Waals surface area (Å²) in [5, 5.41) is 2.89. The molecule has 1 N–H and O–H groups in total. The average molecular weight is 408 g/mol. The van der Waals surface area contributed by atoms with Gasteiger partial charge in [0.2, 0.25) is 15.9 Å². The van der Waals surface area contributed by atoms with Gasteiger partial charge in [-0.2, -0.15) is 4.31 Å². The number of amides is 1. The zero-order valence-electron chi connectivity index (χ0n) is 16.9. The van der Waals surface area contributed by atoms with Gasteiger partial charge >= 0.3 is 0 Å². The average Bonchev–Trinajstić information content (AvgIpc) is 2.97. The number of rotatable bonds is 6. The lowest BCUT2D eigenvalue weighted by Gasteiger charge is -2.30.